The molecule has 1 amide bonds. The zero-order valence-corrected chi connectivity index (χ0v) is 12.5. The highest BCUT2D eigenvalue weighted by Gasteiger charge is 2.19. The van der Waals surface area contributed by atoms with Gasteiger partial charge in [0.25, 0.3) is 5.91 Å². The molecule has 0 fully saturated rings. The van der Waals surface area contributed by atoms with E-state index >= 15 is 0 Å². The summed E-state index contributed by atoms with van der Waals surface area (Å²) < 4.78 is 26.9. The number of carbonyl (C=O) groups is 2. The summed E-state index contributed by atoms with van der Waals surface area (Å²) in [6.07, 6.45) is 0. The number of benzene rings is 2. The lowest BCUT2D eigenvalue weighted by Crippen LogP contribution is -2.17. The van der Waals surface area contributed by atoms with Crippen molar-refractivity contribution in [1.82, 2.24) is 0 Å². The van der Waals surface area contributed by atoms with Crippen molar-refractivity contribution in [3.05, 3.63) is 62.7 Å². The van der Waals surface area contributed by atoms with Crippen molar-refractivity contribution >= 4 is 40.2 Å². The maximum Gasteiger partial charge on any atom is 0.340 e. The van der Waals surface area contributed by atoms with Gasteiger partial charge in [-0.2, -0.15) is 0 Å². The molecule has 2 aromatic rings. The minimum absolute atomic E-state index is 0.160. The largest absolute Gasteiger partial charge is 0.478 e. The molecule has 0 aliphatic rings. The molecule has 0 heterocycles. The lowest BCUT2D eigenvalue weighted by molar-refractivity contribution is 0.0693. The molecule has 0 aliphatic heterocycles. The number of amides is 1. The van der Waals surface area contributed by atoms with Crippen molar-refractivity contribution in [1.29, 1.82) is 0 Å². The molecule has 2 aromatic carbocycles. The van der Waals surface area contributed by atoms with Crippen LogP contribution >= 0.6 is 22.6 Å². The van der Waals surface area contributed by atoms with Gasteiger partial charge < -0.3 is 10.4 Å². The van der Waals surface area contributed by atoms with Crippen LogP contribution in [0.25, 0.3) is 0 Å². The Kier molecular flexibility index (Phi) is 4.51. The van der Waals surface area contributed by atoms with Crippen LogP contribution in [0.4, 0.5) is 14.5 Å². The Morgan fingerprint density at radius 2 is 1.86 bits per heavy atom. The molecule has 0 aromatic heterocycles. The molecule has 2 N–H and O–H groups in total. The third-order valence-corrected chi connectivity index (χ3v) is 3.54. The number of rotatable bonds is 3. The van der Waals surface area contributed by atoms with E-state index in [0.29, 0.717) is 3.57 Å². The van der Waals surface area contributed by atoms with E-state index in [-0.39, 0.29) is 11.3 Å². The molecule has 0 saturated heterocycles. The number of nitrogens with one attached hydrogen (secondary N) is 1. The van der Waals surface area contributed by atoms with E-state index < -0.39 is 29.1 Å². The normalized spacial score (nSPS) is 10.2. The summed E-state index contributed by atoms with van der Waals surface area (Å²) in [5.41, 5.74) is -0.617. The summed E-state index contributed by atoms with van der Waals surface area (Å²) in [6.45, 7) is 0. The monoisotopic (exact) mass is 403 g/mol. The van der Waals surface area contributed by atoms with E-state index in [9.17, 15) is 18.4 Å². The second-order valence-corrected chi connectivity index (χ2v) is 5.21. The number of aromatic carboxylic acids is 1. The first-order valence-electron chi connectivity index (χ1n) is 5.68. The fourth-order valence-corrected chi connectivity index (χ4v) is 2.43. The molecule has 108 valence electrons. The van der Waals surface area contributed by atoms with E-state index in [1.807, 2.05) is 0 Å². The molecule has 7 heteroatoms. The van der Waals surface area contributed by atoms with Gasteiger partial charge >= 0.3 is 5.97 Å². The van der Waals surface area contributed by atoms with Gasteiger partial charge in [0.2, 0.25) is 0 Å². The van der Waals surface area contributed by atoms with Crippen LogP contribution < -0.4 is 5.32 Å². The Bertz CT molecular complexity index is 734. The maximum atomic E-state index is 13.5. The highest BCUT2D eigenvalue weighted by molar-refractivity contribution is 14.1. The van der Waals surface area contributed by atoms with E-state index in [1.54, 1.807) is 22.6 Å². The highest BCUT2D eigenvalue weighted by Crippen LogP contribution is 2.21. The zero-order chi connectivity index (χ0) is 15.6. The number of anilines is 1. The predicted molar refractivity (Wildman–Crippen MR) is 80.4 cm³/mol. The summed E-state index contributed by atoms with van der Waals surface area (Å²) in [7, 11) is 0. The fourth-order valence-electron chi connectivity index (χ4n) is 1.71. The lowest BCUT2D eigenvalue weighted by Gasteiger charge is -2.10. The average molecular weight is 403 g/mol. The van der Waals surface area contributed by atoms with Crippen LogP contribution in [0.1, 0.15) is 20.7 Å². The number of carbonyl (C=O) groups excluding carboxylic acids is 1. The minimum atomic E-state index is -1.49. The first-order chi connectivity index (χ1) is 9.90. The molecule has 4 nitrogen and oxygen atoms in total. The van der Waals surface area contributed by atoms with E-state index in [0.717, 1.165) is 12.1 Å². The van der Waals surface area contributed by atoms with Gasteiger partial charge in [-0.1, -0.05) is 6.07 Å². The van der Waals surface area contributed by atoms with Gasteiger partial charge in [0, 0.05) is 3.57 Å². The molecule has 0 atom stereocenters. The highest BCUT2D eigenvalue weighted by atomic mass is 127. The molecule has 0 unspecified atom stereocenters. The summed E-state index contributed by atoms with van der Waals surface area (Å²) in [5.74, 6) is -3.58. The number of carboxylic acids is 1. The van der Waals surface area contributed by atoms with Crippen LogP contribution in [0.5, 0.6) is 0 Å². The number of carboxylic acid groups (broad SMARTS) is 1. The van der Waals surface area contributed by atoms with Gasteiger partial charge in [0.05, 0.1) is 11.3 Å². The molecule has 0 spiro atoms. The Labute approximate surface area is 131 Å². The number of hydrogen-bond acceptors (Lipinski definition) is 2. The number of hydrogen-bond donors (Lipinski definition) is 2. The van der Waals surface area contributed by atoms with Gasteiger partial charge in [-0.3, -0.25) is 4.79 Å². The zero-order valence-electron chi connectivity index (χ0n) is 10.4. The summed E-state index contributed by atoms with van der Waals surface area (Å²) >= 11 is 1.78. The van der Waals surface area contributed by atoms with Crippen LogP contribution in [0, 0.1) is 15.2 Å². The van der Waals surface area contributed by atoms with Crippen molar-refractivity contribution in [3.8, 4) is 0 Å². The second-order valence-electron chi connectivity index (χ2n) is 4.05. The van der Waals surface area contributed by atoms with E-state index in [4.69, 9.17) is 5.11 Å². The average Bonchev–Trinajstić information content (AvgIpc) is 2.37. The maximum absolute atomic E-state index is 13.5. The van der Waals surface area contributed by atoms with Crippen LogP contribution in [0.3, 0.4) is 0 Å². The van der Waals surface area contributed by atoms with Crippen molar-refractivity contribution < 1.29 is 23.5 Å². The van der Waals surface area contributed by atoms with E-state index in [2.05, 4.69) is 5.32 Å². The van der Waals surface area contributed by atoms with Crippen LogP contribution in [0.15, 0.2) is 36.4 Å². The molecular weight excluding hydrogens is 395 g/mol. The first kappa shape index (κ1) is 15.4. The predicted octanol–water partition coefficient (Wildman–Crippen LogP) is 3.52. The first-order valence-corrected chi connectivity index (χ1v) is 6.76. The van der Waals surface area contributed by atoms with Gasteiger partial charge in [0.15, 0.2) is 0 Å². The molecule has 21 heavy (non-hydrogen) atoms. The van der Waals surface area contributed by atoms with Crippen LogP contribution in [0.2, 0.25) is 0 Å². The Morgan fingerprint density at radius 3 is 2.48 bits per heavy atom. The summed E-state index contributed by atoms with van der Waals surface area (Å²) in [6, 6.07) is 7.10. The Hall–Kier alpha value is -2.03. The third kappa shape index (κ3) is 3.35. The minimum Gasteiger partial charge on any atom is -0.478 e. The molecular formula is C14H8F2INO3. The summed E-state index contributed by atoms with van der Waals surface area (Å²) in [4.78, 5) is 23.1. The third-order valence-electron chi connectivity index (χ3n) is 2.65. The summed E-state index contributed by atoms with van der Waals surface area (Å²) in [5, 5.41) is 11.3. The standard InChI is InChI=1S/C14H8F2INO3/c15-7-4-5-8(10(17)6-7)13(19)18-11-3-1-2-9(16)12(11)14(20)21/h1-6H,(H,18,19)(H,20,21). The number of halogens is 3. The molecule has 0 aliphatic carbocycles. The van der Waals surface area contributed by atoms with Crippen LogP contribution in [-0.2, 0) is 0 Å². The molecule has 0 saturated carbocycles. The molecule has 0 radical (unpaired) electrons. The Morgan fingerprint density at radius 1 is 1.14 bits per heavy atom. The van der Waals surface area contributed by atoms with Crippen molar-refractivity contribution in [2.45, 2.75) is 0 Å². The lowest BCUT2D eigenvalue weighted by atomic mass is 10.1. The van der Waals surface area contributed by atoms with Crippen molar-refractivity contribution in [2.24, 2.45) is 0 Å². The van der Waals surface area contributed by atoms with Crippen LogP contribution in [-0.4, -0.2) is 17.0 Å². The van der Waals surface area contributed by atoms with E-state index in [1.165, 1.54) is 24.3 Å². The van der Waals surface area contributed by atoms with Gasteiger partial charge in [0.1, 0.15) is 17.2 Å². The van der Waals surface area contributed by atoms with Gasteiger partial charge in [-0.25, -0.2) is 13.6 Å². The SMILES string of the molecule is O=C(Nc1cccc(F)c1C(=O)O)c1ccc(F)cc1I. The topological polar surface area (TPSA) is 66.4 Å². The van der Waals surface area contributed by atoms with Crippen molar-refractivity contribution in [3.63, 3.8) is 0 Å². The van der Waals surface area contributed by atoms with Gasteiger partial charge in [-0.05, 0) is 52.9 Å². The second kappa shape index (κ2) is 6.17. The smallest absolute Gasteiger partial charge is 0.340 e. The van der Waals surface area contributed by atoms with Gasteiger partial charge in [-0.15, -0.1) is 0 Å². The molecule has 0 bridgehead atoms. The molecule has 2 rings (SSSR count). The van der Waals surface area contributed by atoms with Crippen molar-refractivity contribution in [2.75, 3.05) is 5.32 Å². The fraction of sp³-hybridized carbons (Fsp3) is 0. The quantitative estimate of drug-likeness (QED) is 0.771. The Balaban J connectivity index is 2.36.